The molecule has 1 saturated heterocycles. The lowest BCUT2D eigenvalue weighted by molar-refractivity contribution is -0.384. The molecular weight excluding hydrogens is 406 g/mol. The van der Waals surface area contributed by atoms with Crippen LogP contribution in [-0.4, -0.2) is 56.7 Å². The molecule has 0 atom stereocenters. The zero-order valence-corrected chi connectivity index (χ0v) is 16.6. The van der Waals surface area contributed by atoms with Gasteiger partial charge in [-0.25, -0.2) is 5.43 Å². The molecule has 2 aliphatic rings. The highest BCUT2D eigenvalue weighted by Gasteiger charge is 2.21. The third kappa shape index (κ3) is 5.01. The molecule has 0 bridgehead atoms. The normalized spacial score (nSPS) is 15.2. The summed E-state index contributed by atoms with van der Waals surface area (Å²) in [7, 11) is 0. The summed E-state index contributed by atoms with van der Waals surface area (Å²) in [6.45, 7) is 2.44. The second kappa shape index (κ2) is 9.30. The average Bonchev–Trinajstić information content (AvgIpc) is 3.26. The summed E-state index contributed by atoms with van der Waals surface area (Å²) in [6.07, 6.45) is 1.37. The van der Waals surface area contributed by atoms with Crippen LogP contribution in [-0.2, 0) is 9.53 Å². The van der Waals surface area contributed by atoms with Crippen LogP contribution in [0.25, 0.3) is 0 Å². The molecular formula is C20H21N5O6. The number of nitro benzene ring substituents is 1. The molecule has 2 heterocycles. The number of nitrogens with zero attached hydrogens (tertiary/aromatic N) is 3. The molecule has 11 heteroatoms. The van der Waals surface area contributed by atoms with Gasteiger partial charge < -0.3 is 24.4 Å². The maximum Gasteiger partial charge on any atom is 0.293 e. The third-order valence-electron chi connectivity index (χ3n) is 4.78. The van der Waals surface area contributed by atoms with Crippen LogP contribution in [0, 0.1) is 10.1 Å². The van der Waals surface area contributed by atoms with Crippen molar-refractivity contribution in [2.75, 3.05) is 49.9 Å². The van der Waals surface area contributed by atoms with Crippen LogP contribution >= 0.6 is 0 Å². The monoisotopic (exact) mass is 427 g/mol. The molecule has 1 fully saturated rings. The number of hydrazone groups is 1. The number of hydrogen-bond acceptors (Lipinski definition) is 9. The largest absolute Gasteiger partial charge is 0.454 e. The second-order valence-corrected chi connectivity index (χ2v) is 6.82. The summed E-state index contributed by atoms with van der Waals surface area (Å²) in [5.74, 6) is 0.909. The van der Waals surface area contributed by atoms with E-state index >= 15 is 0 Å². The average molecular weight is 427 g/mol. The van der Waals surface area contributed by atoms with Gasteiger partial charge in [-0.3, -0.25) is 14.9 Å². The Kier molecular flexibility index (Phi) is 6.13. The van der Waals surface area contributed by atoms with E-state index < -0.39 is 4.92 Å². The van der Waals surface area contributed by atoms with E-state index in [1.807, 2.05) is 4.90 Å². The molecule has 31 heavy (non-hydrogen) atoms. The number of carbonyl (C=O) groups is 1. The van der Waals surface area contributed by atoms with E-state index in [9.17, 15) is 14.9 Å². The molecule has 2 aliphatic heterocycles. The first-order chi connectivity index (χ1) is 15.1. The van der Waals surface area contributed by atoms with E-state index in [4.69, 9.17) is 14.2 Å². The summed E-state index contributed by atoms with van der Waals surface area (Å²) in [4.78, 5) is 25.0. The number of nitrogens with one attached hydrogen (secondary N) is 2. The maximum atomic E-state index is 12.0. The van der Waals surface area contributed by atoms with Gasteiger partial charge in [0, 0.05) is 36.5 Å². The lowest BCUT2D eigenvalue weighted by Gasteiger charge is -2.28. The number of amides is 1. The number of rotatable bonds is 7. The molecule has 2 N–H and O–H groups in total. The van der Waals surface area contributed by atoms with Crippen molar-refractivity contribution in [3.63, 3.8) is 0 Å². The number of carbonyl (C=O) groups excluding carboxylic acids is 1. The zero-order chi connectivity index (χ0) is 21.6. The van der Waals surface area contributed by atoms with E-state index in [1.54, 1.807) is 30.3 Å². The fourth-order valence-corrected chi connectivity index (χ4v) is 3.25. The Morgan fingerprint density at radius 1 is 1.16 bits per heavy atom. The topological polar surface area (TPSA) is 128 Å². The van der Waals surface area contributed by atoms with Gasteiger partial charge in [0.2, 0.25) is 6.79 Å². The lowest BCUT2D eigenvalue weighted by atomic mass is 10.1. The van der Waals surface area contributed by atoms with Crippen molar-refractivity contribution >= 4 is 29.2 Å². The summed E-state index contributed by atoms with van der Waals surface area (Å²) < 4.78 is 15.8. The summed E-state index contributed by atoms with van der Waals surface area (Å²) in [6, 6.07) is 10.1. The van der Waals surface area contributed by atoms with Gasteiger partial charge in [-0.2, -0.15) is 5.10 Å². The molecule has 1 amide bonds. The van der Waals surface area contributed by atoms with Crippen molar-refractivity contribution in [1.29, 1.82) is 0 Å². The van der Waals surface area contributed by atoms with Crippen LogP contribution < -0.4 is 25.1 Å². The zero-order valence-electron chi connectivity index (χ0n) is 16.6. The minimum atomic E-state index is -0.421. The minimum Gasteiger partial charge on any atom is -0.454 e. The Morgan fingerprint density at radius 3 is 2.77 bits per heavy atom. The number of nitro groups is 1. The highest BCUT2D eigenvalue weighted by atomic mass is 16.7. The van der Waals surface area contributed by atoms with Crippen LogP contribution in [0.2, 0.25) is 0 Å². The van der Waals surface area contributed by atoms with Crippen molar-refractivity contribution < 1.29 is 23.9 Å². The fraction of sp³-hybridized carbons (Fsp3) is 0.300. The maximum absolute atomic E-state index is 12.0. The minimum absolute atomic E-state index is 0.00684. The molecule has 162 valence electrons. The fourth-order valence-electron chi connectivity index (χ4n) is 3.25. The predicted octanol–water partition coefficient (Wildman–Crippen LogP) is 1.72. The quantitative estimate of drug-likeness (QED) is 0.388. The van der Waals surface area contributed by atoms with Crippen molar-refractivity contribution in [2.24, 2.45) is 5.10 Å². The van der Waals surface area contributed by atoms with Gasteiger partial charge in [-0.05, 0) is 18.2 Å². The molecule has 11 nitrogen and oxygen atoms in total. The van der Waals surface area contributed by atoms with E-state index in [1.165, 1.54) is 12.3 Å². The van der Waals surface area contributed by atoms with Crippen molar-refractivity contribution in [3.8, 4) is 11.5 Å². The molecule has 0 saturated carbocycles. The van der Waals surface area contributed by atoms with Gasteiger partial charge in [0.05, 0.1) is 30.9 Å². The second-order valence-electron chi connectivity index (χ2n) is 6.82. The molecule has 2 aromatic carbocycles. The van der Waals surface area contributed by atoms with Gasteiger partial charge in [0.1, 0.15) is 5.69 Å². The van der Waals surface area contributed by atoms with Gasteiger partial charge in [0.25, 0.3) is 11.6 Å². The van der Waals surface area contributed by atoms with Crippen molar-refractivity contribution in [3.05, 3.63) is 52.1 Å². The Labute approximate surface area is 177 Å². The highest BCUT2D eigenvalue weighted by Crippen LogP contribution is 2.34. The molecule has 0 unspecified atom stereocenters. The van der Waals surface area contributed by atoms with Gasteiger partial charge in [-0.15, -0.1) is 0 Å². The molecule has 0 aliphatic carbocycles. The lowest BCUT2D eigenvalue weighted by Crippen LogP contribution is -2.36. The number of benzene rings is 2. The first kappa shape index (κ1) is 20.4. The summed E-state index contributed by atoms with van der Waals surface area (Å²) >= 11 is 0. The standard InChI is InChI=1S/C20H21N5O6/c26-20(12-21-15-2-4-18-19(10-15)31-13-30-18)23-22-11-14-1-3-16(17(9-14)25(27)28)24-5-7-29-8-6-24/h1-4,9-11,21H,5-8,12-13H2,(H,23,26)/b22-11-. The van der Waals surface area contributed by atoms with Crippen molar-refractivity contribution in [2.45, 2.75) is 0 Å². The molecule has 4 rings (SSSR count). The van der Waals surface area contributed by atoms with Crippen LogP contribution in [0.15, 0.2) is 41.5 Å². The Balaban J connectivity index is 1.33. The van der Waals surface area contributed by atoms with E-state index in [0.717, 1.165) is 0 Å². The summed E-state index contributed by atoms with van der Waals surface area (Å²) in [5, 5.41) is 18.4. The van der Waals surface area contributed by atoms with E-state index in [-0.39, 0.29) is 24.9 Å². The highest BCUT2D eigenvalue weighted by molar-refractivity contribution is 5.86. The number of anilines is 2. The van der Waals surface area contributed by atoms with E-state index in [2.05, 4.69) is 15.8 Å². The van der Waals surface area contributed by atoms with Crippen LogP contribution in [0.4, 0.5) is 17.1 Å². The Morgan fingerprint density at radius 2 is 1.97 bits per heavy atom. The molecule has 0 radical (unpaired) electrons. The van der Waals surface area contributed by atoms with Crippen LogP contribution in [0.3, 0.4) is 0 Å². The van der Waals surface area contributed by atoms with E-state index in [0.29, 0.717) is 54.7 Å². The van der Waals surface area contributed by atoms with Crippen LogP contribution in [0.1, 0.15) is 5.56 Å². The molecule has 2 aromatic rings. The molecule has 0 aromatic heterocycles. The summed E-state index contributed by atoms with van der Waals surface area (Å²) in [5.41, 5.74) is 4.14. The Bertz CT molecular complexity index is 1010. The number of hydrogen-bond donors (Lipinski definition) is 2. The Hall–Kier alpha value is -3.86. The van der Waals surface area contributed by atoms with Crippen molar-refractivity contribution in [1.82, 2.24) is 5.43 Å². The van der Waals surface area contributed by atoms with Gasteiger partial charge >= 0.3 is 0 Å². The number of fused-ring (bicyclic) bond motifs is 1. The van der Waals surface area contributed by atoms with Gasteiger partial charge in [0.15, 0.2) is 11.5 Å². The third-order valence-corrected chi connectivity index (χ3v) is 4.78. The smallest absolute Gasteiger partial charge is 0.293 e. The number of morpholine rings is 1. The number of ether oxygens (including phenoxy) is 3. The SMILES string of the molecule is O=C(CNc1ccc2c(c1)OCO2)N/N=C\c1ccc(N2CCOCC2)c([N+](=O)[O-])c1. The first-order valence-electron chi connectivity index (χ1n) is 9.67. The van der Waals surface area contributed by atoms with Gasteiger partial charge in [-0.1, -0.05) is 6.07 Å². The molecule has 0 spiro atoms. The van der Waals surface area contributed by atoms with Crippen LogP contribution in [0.5, 0.6) is 11.5 Å². The first-order valence-corrected chi connectivity index (χ1v) is 9.67. The predicted molar refractivity (Wildman–Crippen MR) is 113 cm³/mol.